The van der Waals surface area contributed by atoms with Gasteiger partial charge in [0.1, 0.15) is 0 Å². The van der Waals surface area contributed by atoms with Gasteiger partial charge in [0.15, 0.2) is 0 Å². The predicted molar refractivity (Wildman–Crippen MR) is 75.7 cm³/mol. The van der Waals surface area contributed by atoms with Gasteiger partial charge in [0.2, 0.25) is 17.2 Å². The smallest absolute Gasteiger partial charge is 0.231 e. The molecule has 19 heavy (non-hydrogen) atoms. The standard InChI is InChI=1S/C12H20ClN5O/c13-10-15-11(14-6-2-1-5-9-19)17-12(16-10)18-7-3-4-8-18/h19H,1-9H2,(H,14,15,16,17). The van der Waals surface area contributed by atoms with Gasteiger partial charge in [-0.15, -0.1) is 0 Å². The number of aliphatic hydroxyl groups is 1. The number of aromatic nitrogens is 3. The van der Waals surface area contributed by atoms with E-state index in [2.05, 4.69) is 25.2 Å². The minimum Gasteiger partial charge on any atom is -0.396 e. The van der Waals surface area contributed by atoms with Crippen LogP contribution in [0.2, 0.25) is 5.28 Å². The van der Waals surface area contributed by atoms with Gasteiger partial charge in [0.25, 0.3) is 0 Å². The lowest BCUT2D eigenvalue weighted by Crippen LogP contribution is -2.21. The number of nitrogens with zero attached hydrogens (tertiary/aromatic N) is 4. The molecule has 2 rings (SSSR count). The first kappa shape index (κ1) is 14.3. The van der Waals surface area contributed by atoms with E-state index >= 15 is 0 Å². The maximum atomic E-state index is 8.70. The van der Waals surface area contributed by atoms with E-state index in [1.54, 1.807) is 0 Å². The molecule has 0 saturated carbocycles. The molecule has 0 atom stereocenters. The number of hydrogen-bond donors (Lipinski definition) is 2. The van der Waals surface area contributed by atoms with E-state index in [1.807, 2.05) is 0 Å². The third kappa shape index (κ3) is 4.47. The fourth-order valence-electron chi connectivity index (χ4n) is 2.09. The Morgan fingerprint density at radius 1 is 1.11 bits per heavy atom. The minimum atomic E-state index is 0.231. The number of halogens is 1. The van der Waals surface area contributed by atoms with Crippen molar-refractivity contribution in [1.29, 1.82) is 0 Å². The Labute approximate surface area is 118 Å². The van der Waals surface area contributed by atoms with Crippen molar-refractivity contribution in [2.45, 2.75) is 32.1 Å². The molecule has 1 aliphatic rings. The fraction of sp³-hybridized carbons (Fsp3) is 0.750. The van der Waals surface area contributed by atoms with Gasteiger partial charge < -0.3 is 15.3 Å². The molecule has 0 unspecified atom stereocenters. The molecule has 106 valence electrons. The van der Waals surface area contributed by atoms with Crippen LogP contribution in [0.4, 0.5) is 11.9 Å². The summed E-state index contributed by atoms with van der Waals surface area (Å²) < 4.78 is 0. The van der Waals surface area contributed by atoms with Crippen molar-refractivity contribution >= 4 is 23.5 Å². The van der Waals surface area contributed by atoms with Crippen LogP contribution in [0, 0.1) is 0 Å². The topological polar surface area (TPSA) is 74.2 Å². The quantitative estimate of drug-likeness (QED) is 0.743. The Morgan fingerprint density at radius 3 is 2.63 bits per heavy atom. The number of anilines is 2. The van der Waals surface area contributed by atoms with E-state index in [1.165, 1.54) is 12.8 Å². The average Bonchev–Trinajstić information content (AvgIpc) is 2.92. The van der Waals surface area contributed by atoms with Crippen LogP contribution in [0.5, 0.6) is 0 Å². The van der Waals surface area contributed by atoms with Gasteiger partial charge >= 0.3 is 0 Å². The third-order valence-electron chi connectivity index (χ3n) is 3.10. The lowest BCUT2D eigenvalue weighted by Gasteiger charge is -2.15. The molecule has 0 bridgehead atoms. The molecule has 1 fully saturated rings. The van der Waals surface area contributed by atoms with Gasteiger partial charge in [-0.2, -0.15) is 15.0 Å². The van der Waals surface area contributed by atoms with Crippen molar-refractivity contribution in [2.24, 2.45) is 0 Å². The van der Waals surface area contributed by atoms with E-state index < -0.39 is 0 Å². The summed E-state index contributed by atoms with van der Waals surface area (Å²) in [4.78, 5) is 14.8. The highest BCUT2D eigenvalue weighted by atomic mass is 35.5. The molecule has 2 N–H and O–H groups in total. The third-order valence-corrected chi connectivity index (χ3v) is 3.27. The molecule has 1 saturated heterocycles. The Kier molecular flexibility index (Phi) is 5.60. The maximum absolute atomic E-state index is 8.70. The molecule has 1 aromatic rings. The Hall–Kier alpha value is -1.14. The normalized spacial score (nSPS) is 14.9. The van der Waals surface area contributed by atoms with Crippen molar-refractivity contribution in [3.8, 4) is 0 Å². The van der Waals surface area contributed by atoms with Gasteiger partial charge in [-0.1, -0.05) is 0 Å². The first-order chi connectivity index (χ1) is 9.29. The Morgan fingerprint density at radius 2 is 1.89 bits per heavy atom. The average molecular weight is 286 g/mol. The van der Waals surface area contributed by atoms with Crippen LogP contribution in [0.1, 0.15) is 32.1 Å². The molecular weight excluding hydrogens is 266 g/mol. The minimum absolute atomic E-state index is 0.231. The number of unbranched alkanes of at least 4 members (excludes halogenated alkanes) is 2. The van der Waals surface area contributed by atoms with E-state index in [4.69, 9.17) is 16.7 Å². The SMILES string of the molecule is OCCCCCNc1nc(Cl)nc(N2CCCC2)n1. The molecule has 6 nitrogen and oxygen atoms in total. The highest BCUT2D eigenvalue weighted by molar-refractivity contribution is 6.28. The van der Waals surface area contributed by atoms with Crippen LogP contribution in [0.3, 0.4) is 0 Å². The zero-order valence-corrected chi connectivity index (χ0v) is 11.7. The van der Waals surface area contributed by atoms with Gasteiger partial charge in [-0.25, -0.2) is 0 Å². The van der Waals surface area contributed by atoms with Crippen LogP contribution < -0.4 is 10.2 Å². The van der Waals surface area contributed by atoms with Crippen LogP contribution in [-0.2, 0) is 0 Å². The second kappa shape index (κ2) is 7.45. The molecule has 1 aliphatic heterocycles. The summed E-state index contributed by atoms with van der Waals surface area (Å²) in [7, 11) is 0. The lowest BCUT2D eigenvalue weighted by atomic mass is 10.2. The van der Waals surface area contributed by atoms with Gasteiger partial charge in [-0.05, 0) is 43.7 Å². The molecule has 7 heteroatoms. The van der Waals surface area contributed by atoms with Crippen molar-refractivity contribution in [2.75, 3.05) is 36.5 Å². The summed E-state index contributed by atoms with van der Waals surface area (Å²) >= 11 is 5.93. The van der Waals surface area contributed by atoms with Crippen molar-refractivity contribution in [3.05, 3.63) is 5.28 Å². The summed E-state index contributed by atoms with van der Waals surface area (Å²) in [5, 5.41) is 12.1. The molecule has 0 amide bonds. The van der Waals surface area contributed by atoms with E-state index in [9.17, 15) is 0 Å². The zero-order valence-electron chi connectivity index (χ0n) is 11.0. The second-order valence-corrected chi connectivity index (χ2v) is 4.97. The van der Waals surface area contributed by atoms with Crippen LogP contribution in [0.15, 0.2) is 0 Å². The monoisotopic (exact) mass is 285 g/mol. The summed E-state index contributed by atoms with van der Waals surface area (Å²) in [6.45, 7) is 2.99. The summed E-state index contributed by atoms with van der Waals surface area (Å²) in [6, 6.07) is 0. The first-order valence-corrected chi connectivity index (χ1v) is 7.18. The number of hydrogen-bond acceptors (Lipinski definition) is 6. The van der Waals surface area contributed by atoms with Crippen LogP contribution >= 0.6 is 11.6 Å². The molecule has 0 radical (unpaired) electrons. The summed E-state index contributed by atoms with van der Waals surface area (Å²) in [5.41, 5.74) is 0. The van der Waals surface area contributed by atoms with Gasteiger partial charge in [0.05, 0.1) is 0 Å². The highest BCUT2D eigenvalue weighted by Gasteiger charge is 2.16. The largest absolute Gasteiger partial charge is 0.396 e. The summed E-state index contributed by atoms with van der Waals surface area (Å²) in [5.74, 6) is 1.20. The molecule has 0 aromatic carbocycles. The number of rotatable bonds is 7. The lowest BCUT2D eigenvalue weighted by molar-refractivity contribution is 0.283. The van der Waals surface area contributed by atoms with Crippen LogP contribution in [0.25, 0.3) is 0 Å². The van der Waals surface area contributed by atoms with Crippen LogP contribution in [-0.4, -0.2) is 46.3 Å². The van der Waals surface area contributed by atoms with Crippen molar-refractivity contribution < 1.29 is 5.11 Å². The second-order valence-electron chi connectivity index (χ2n) is 4.63. The van der Waals surface area contributed by atoms with Crippen molar-refractivity contribution in [1.82, 2.24) is 15.0 Å². The molecular formula is C12H20ClN5O. The number of nitrogens with one attached hydrogen (secondary N) is 1. The molecule has 0 spiro atoms. The van der Waals surface area contributed by atoms with E-state index in [0.29, 0.717) is 11.9 Å². The maximum Gasteiger partial charge on any atom is 0.231 e. The predicted octanol–water partition coefficient (Wildman–Crippen LogP) is 1.70. The number of aliphatic hydroxyl groups excluding tert-OH is 1. The van der Waals surface area contributed by atoms with E-state index in [0.717, 1.165) is 38.9 Å². The fourth-order valence-corrected chi connectivity index (χ4v) is 2.25. The molecule has 0 aliphatic carbocycles. The summed E-state index contributed by atoms with van der Waals surface area (Å²) in [6.07, 6.45) is 5.14. The molecule has 2 heterocycles. The Balaban J connectivity index is 1.89. The first-order valence-electron chi connectivity index (χ1n) is 6.81. The van der Waals surface area contributed by atoms with E-state index in [-0.39, 0.29) is 11.9 Å². The highest BCUT2D eigenvalue weighted by Crippen LogP contribution is 2.18. The van der Waals surface area contributed by atoms with Gasteiger partial charge in [0, 0.05) is 26.2 Å². The van der Waals surface area contributed by atoms with Crippen molar-refractivity contribution in [3.63, 3.8) is 0 Å². The van der Waals surface area contributed by atoms with Gasteiger partial charge in [-0.3, -0.25) is 0 Å². The Bertz CT molecular complexity index is 398. The molecule has 1 aromatic heterocycles. The zero-order chi connectivity index (χ0) is 13.5.